The lowest BCUT2D eigenvalue weighted by atomic mass is 9.95. The molecule has 7 heteroatoms. The van der Waals surface area contributed by atoms with Crippen molar-refractivity contribution < 1.29 is 4.92 Å². The summed E-state index contributed by atoms with van der Waals surface area (Å²) < 4.78 is 0. The molecule has 2 aliphatic rings. The van der Waals surface area contributed by atoms with E-state index in [1.54, 1.807) is 7.05 Å². The van der Waals surface area contributed by atoms with Crippen LogP contribution in [-0.2, 0) is 0 Å². The van der Waals surface area contributed by atoms with Crippen LogP contribution in [0.1, 0.15) is 25.7 Å². The van der Waals surface area contributed by atoms with Gasteiger partial charge in [0.25, 0.3) is 0 Å². The number of hydrogen-bond acceptors (Lipinski definition) is 6. The molecule has 2 saturated carbocycles. The summed E-state index contributed by atoms with van der Waals surface area (Å²) in [7, 11) is 1.62. The second-order valence-corrected chi connectivity index (χ2v) is 5.35. The van der Waals surface area contributed by atoms with Crippen LogP contribution >= 0.6 is 0 Å². The summed E-state index contributed by atoms with van der Waals surface area (Å²) in [6.07, 6.45) is 6.22. The smallest absolute Gasteiger partial charge is 0.353 e. The molecular formula is C12H17N5O2. The maximum absolute atomic E-state index is 11.2. The van der Waals surface area contributed by atoms with E-state index < -0.39 is 4.92 Å². The van der Waals surface area contributed by atoms with Gasteiger partial charge in [0.2, 0.25) is 11.6 Å². The summed E-state index contributed by atoms with van der Waals surface area (Å²) in [4.78, 5) is 18.7. The van der Waals surface area contributed by atoms with Crippen molar-refractivity contribution in [2.45, 2.75) is 31.7 Å². The van der Waals surface area contributed by atoms with Crippen LogP contribution in [0.2, 0.25) is 0 Å². The summed E-state index contributed by atoms with van der Waals surface area (Å²) in [6, 6.07) is 0.317. The van der Waals surface area contributed by atoms with Gasteiger partial charge in [0.15, 0.2) is 0 Å². The highest BCUT2D eigenvalue weighted by Crippen LogP contribution is 2.46. The highest BCUT2D eigenvalue weighted by molar-refractivity contribution is 5.69. The molecule has 3 rings (SSSR count). The Hall–Kier alpha value is -1.92. The second-order valence-electron chi connectivity index (χ2n) is 5.35. The van der Waals surface area contributed by atoms with Crippen LogP contribution in [0.5, 0.6) is 0 Å². The number of hydrogen-bond donors (Lipinski definition) is 2. The topological polar surface area (TPSA) is 93.0 Å². The van der Waals surface area contributed by atoms with Gasteiger partial charge < -0.3 is 10.6 Å². The van der Waals surface area contributed by atoms with Gasteiger partial charge in [-0.15, -0.1) is 0 Å². The van der Waals surface area contributed by atoms with Crippen molar-refractivity contribution >= 4 is 17.3 Å². The molecule has 3 unspecified atom stereocenters. The van der Waals surface area contributed by atoms with Gasteiger partial charge >= 0.3 is 5.69 Å². The van der Waals surface area contributed by atoms with Crippen molar-refractivity contribution in [3.05, 3.63) is 16.4 Å². The van der Waals surface area contributed by atoms with E-state index in [9.17, 15) is 10.1 Å². The minimum atomic E-state index is -0.429. The minimum absolute atomic E-state index is 0.0622. The number of fused-ring (bicyclic) bond motifs is 2. The van der Waals surface area contributed by atoms with E-state index in [-0.39, 0.29) is 11.5 Å². The molecule has 0 radical (unpaired) electrons. The van der Waals surface area contributed by atoms with E-state index >= 15 is 0 Å². The number of nitrogens with one attached hydrogen (secondary N) is 2. The van der Waals surface area contributed by atoms with Crippen molar-refractivity contribution in [1.29, 1.82) is 0 Å². The quantitative estimate of drug-likeness (QED) is 0.637. The largest absolute Gasteiger partial charge is 0.367 e. The summed E-state index contributed by atoms with van der Waals surface area (Å²) in [5.74, 6) is 2.01. The molecule has 3 atom stereocenters. The zero-order valence-electron chi connectivity index (χ0n) is 10.8. The van der Waals surface area contributed by atoms with Crippen LogP contribution in [0.25, 0.3) is 0 Å². The SMILES string of the molecule is CNc1ncnc(NC2CC3CCC2C3)c1[N+](=O)[O-]. The molecule has 0 aliphatic heterocycles. The summed E-state index contributed by atoms with van der Waals surface area (Å²) >= 11 is 0. The predicted molar refractivity (Wildman–Crippen MR) is 71.1 cm³/mol. The molecule has 2 fully saturated rings. The Morgan fingerprint density at radius 2 is 2.11 bits per heavy atom. The first-order chi connectivity index (χ1) is 9.19. The molecular weight excluding hydrogens is 246 g/mol. The van der Waals surface area contributed by atoms with Crippen molar-refractivity contribution in [1.82, 2.24) is 9.97 Å². The highest BCUT2D eigenvalue weighted by Gasteiger charge is 2.40. The monoisotopic (exact) mass is 263 g/mol. The molecule has 2 aliphatic carbocycles. The van der Waals surface area contributed by atoms with Gasteiger partial charge in [-0.2, -0.15) is 0 Å². The Bertz CT molecular complexity index is 507. The first-order valence-electron chi connectivity index (χ1n) is 6.62. The zero-order valence-corrected chi connectivity index (χ0v) is 10.8. The van der Waals surface area contributed by atoms with Crippen molar-refractivity contribution in [3.63, 3.8) is 0 Å². The average Bonchev–Trinajstić information content (AvgIpc) is 3.00. The molecule has 0 saturated heterocycles. The Labute approximate surface area is 111 Å². The molecule has 1 heterocycles. The lowest BCUT2D eigenvalue weighted by molar-refractivity contribution is -0.383. The van der Waals surface area contributed by atoms with Crippen molar-refractivity contribution in [3.8, 4) is 0 Å². The molecule has 1 aromatic rings. The first-order valence-corrected chi connectivity index (χ1v) is 6.62. The Kier molecular flexibility index (Phi) is 2.96. The number of anilines is 2. The Morgan fingerprint density at radius 3 is 2.68 bits per heavy atom. The number of nitrogens with zero attached hydrogens (tertiary/aromatic N) is 3. The molecule has 7 nitrogen and oxygen atoms in total. The minimum Gasteiger partial charge on any atom is -0.367 e. The van der Waals surface area contributed by atoms with Crippen LogP contribution in [0.3, 0.4) is 0 Å². The standard InChI is InChI=1S/C12H17N5O2/c1-13-11-10(17(18)19)12(15-6-14-11)16-9-5-7-2-3-8(9)4-7/h6-9H,2-5H2,1H3,(H2,13,14,15,16). The van der Waals surface area contributed by atoms with E-state index in [1.165, 1.54) is 25.6 Å². The summed E-state index contributed by atoms with van der Waals surface area (Å²) in [5, 5.41) is 17.2. The van der Waals surface area contributed by atoms with E-state index in [2.05, 4.69) is 20.6 Å². The molecule has 0 aromatic carbocycles. The van der Waals surface area contributed by atoms with Gasteiger partial charge in [0, 0.05) is 13.1 Å². The number of rotatable bonds is 4. The van der Waals surface area contributed by atoms with Gasteiger partial charge in [-0.3, -0.25) is 10.1 Å². The predicted octanol–water partition coefficient (Wildman–Crippen LogP) is 2.03. The van der Waals surface area contributed by atoms with E-state index in [4.69, 9.17) is 0 Å². The Morgan fingerprint density at radius 1 is 1.32 bits per heavy atom. The fourth-order valence-corrected chi connectivity index (χ4v) is 3.44. The third kappa shape index (κ3) is 2.09. The first kappa shape index (κ1) is 12.1. The average molecular weight is 263 g/mol. The highest BCUT2D eigenvalue weighted by atomic mass is 16.6. The van der Waals surface area contributed by atoms with E-state index in [0.717, 1.165) is 12.3 Å². The van der Waals surface area contributed by atoms with E-state index in [0.29, 0.717) is 17.8 Å². The van der Waals surface area contributed by atoms with E-state index in [1.807, 2.05) is 0 Å². The maximum Gasteiger partial charge on any atom is 0.353 e. The van der Waals surface area contributed by atoms with Crippen molar-refractivity contribution in [2.24, 2.45) is 11.8 Å². The fourth-order valence-electron chi connectivity index (χ4n) is 3.44. The van der Waals surface area contributed by atoms with Crippen molar-refractivity contribution in [2.75, 3.05) is 17.7 Å². The number of nitro groups is 1. The molecule has 0 amide bonds. The second kappa shape index (κ2) is 4.64. The molecule has 2 N–H and O–H groups in total. The normalized spacial score (nSPS) is 28.4. The molecule has 19 heavy (non-hydrogen) atoms. The molecule has 0 spiro atoms. The van der Waals surface area contributed by atoms with Crippen LogP contribution in [-0.4, -0.2) is 28.0 Å². The van der Waals surface area contributed by atoms with Gasteiger partial charge in [-0.25, -0.2) is 9.97 Å². The molecule has 1 aromatic heterocycles. The fraction of sp³-hybridized carbons (Fsp3) is 0.667. The summed E-state index contributed by atoms with van der Waals surface area (Å²) in [5.41, 5.74) is -0.0622. The lowest BCUT2D eigenvalue weighted by Crippen LogP contribution is -2.27. The Balaban J connectivity index is 1.86. The van der Waals surface area contributed by atoms with Gasteiger partial charge in [0.05, 0.1) is 4.92 Å². The summed E-state index contributed by atoms with van der Waals surface area (Å²) in [6.45, 7) is 0. The molecule has 102 valence electrons. The third-order valence-electron chi connectivity index (χ3n) is 4.30. The van der Waals surface area contributed by atoms with Crippen LogP contribution < -0.4 is 10.6 Å². The zero-order chi connectivity index (χ0) is 13.4. The van der Waals surface area contributed by atoms with Crippen LogP contribution in [0.4, 0.5) is 17.3 Å². The third-order valence-corrected chi connectivity index (χ3v) is 4.30. The van der Waals surface area contributed by atoms with Gasteiger partial charge in [-0.05, 0) is 31.1 Å². The lowest BCUT2D eigenvalue weighted by Gasteiger charge is -2.23. The number of aromatic nitrogens is 2. The molecule has 2 bridgehead atoms. The van der Waals surface area contributed by atoms with Crippen LogP contribution in [0, 0.1) is 22.0 Å². The van der Waals surface area contributed by atoms with Gasteiger partial charge in [-0.1, -0.05) is 6.42 Å². The van der Waals surface area contributed by atoms with Gasteiger partial charge in [0.1, 0.15) is 6.33 Å². The van der Waals surface area contributed by atoms with Crippen LogP contribution in [0.15, 0.2) is 6.33 Å². The maximum atomic E-state index is 11.2.